The summed E-state index contributed by atoms with van der Waals surface area (Å²) in [6, 6.07) is 8.62. The molecule has 0 saturated carbocycles. The standard InChI is InChI=1S/C17H15N3O8/c21-10-19(13(17(24)25)7-9-15(22)23)14-8-6-12(20(26)27)16(18-14)28-11-4-2-1-3-5-11/h1-6,8,10,13H,7,9H2,(H,22,23)(H,24,25)/t13-/m0/s1. The monoisotopic (exact) mass is 389 g/mol. The maximum absolute atomic E-state index is 11.5. The van der Waals surface area contributed by atoms with Crippen LogP contribution in [0.1, 0.15) is 12.8 Å². The summed E-state index contributed by atoms with van der Waals surface area (Å²) in [4.78, 5) is 48.8. The second-order valence-corrected chi connectivity index (χ2v) is 5.47. The van der Waals surface area contributed by atoms with E-state index < -0.39 is 40.9 Å². The normalized spacial score (nSPS) is 11.3. The molecule has 2 N–H and O–H groups in total. The van der Waals surface area contributed by atoms with Crippen LogP contribution in [0.3, 0.4) is 0 Å². The van der Waals surface area contributed by atoms with Crippen molar-refractivity contribution in [3.63, 3.8) is 0 Å². The van der Waals surface area contributed by atoms with E-state index in [2.05, 4.69) is 4.98 Å². The number of rotatable bonds is 10. The van der Waals surface area contributed by atoms with Crippen molar-refractivity contribution in [3.05, 3.63) is 52.6 Å². The number of ether oxygens (including phenoxy) is 1. The van der Waals surface area contributed by atoms with Crippen LogP contribution in [0.15, 0.2) is 42.5 Å². The van der Waals surface area contributed by atoms with Crippen molar-refractivity contribution in [1.29, 1.82) is 0 Å². The molecule has 1 aromatic heterocycles. The quantitative estimate of drug-likeness (QED) is 0.352. The fraction of sp³-hybridized carbons (Fsp3) is 0.176. The molecule has 28 heavy (non-hydrogen) atoms. The molecular formula is C17H15N3O8. The third kappa shape index (κ3) is 5.00. The van der Waals surface area contributed by atoms with Gasteiger partial charge in [-0.1, -0.05) is 18.2 Å². The van der Waals surface area contributed by atoms with Gasteiger partial charge in [0.25, 0.3) is 0 Å². The van der Waals surface area contributed by atoms with E-state index in [0.717, 1.165) is 12.1 Å². The first kappa shape index (κ1) is 20.3. The second kappa shape index (κ2) is 9.07. The Kier molecular flexibility index (Phi) is 6.58. The Balaban J connectivity index is 2.43. The number of benzene rings is 1. The average Bonchev–Trinajstić information content (AvgIpc) is 2.65. The molecular weight excluding hydrogens is 374 g/mol. The van der Waals surface area contributed by atoms with E-state index in [1.54, 1.807) is 18.2 Å². The van der Waals surface area contributed by atoms with Crippen LogP contribution in [0, 0.1) is 10.1 Å². The molecule has 1 atom stereocenters. The fourth-order valence-electron chi connectivity index (χ4n) is 2.31. The molecule has 0 unspecified atom stereocenters. The summed E-state index contributed by atoms with van der Waals surface area (Å²) in [7, 11) is 0. The first-order chi connectivity index (χ1) is 13.3. The Morgan fingerprint density at radius 2 is 1.89 bits per heavy atom. The van der Waals surface area contributed by atoms with Gasteiger partial charge in [-0.05, 0) is 24.6 Å². The summed E-state index contributed by atoms with van der Waals surface area (Å²) in [5, 5.41) is 29.3. The number of para-hydroxylation sites is 1. The highest BCUT2D eigenvalue weighted by Crippen LogP contribution is 2.32. The van der Waals surface area contributed by atoms with Gasteiger partial charge in [0.1, 0.15) is 17.6 Å². The van der Waals surface area contributed by atoms with Gasteiger partial charge in [0.05, 0.1) is 4.92 Å². The number of carbonyl (C=O) groups excluding carboxylic acids is 1. The van der Waals surface area contributed by atoms with Crippen molar-refractivity contribution in [2.75, 3.05) is 4.90 Å². The number of carboxylic acids is 2. The summed E-state index contributed by atoms with van der Waals surface area (Å²) >= 11 is 0. The number of anilines is 1. The van der Waals surface area contributed by atoms with E-state index in [1.165, 1.54) is 12.1 Å². The molecule has 1 heterocycles. The van der Waals surface area contributed by atoms with Gasteiger partial charge >= 0.3 is 23.5 Å². The molecule has 2 rings (SSSR count). The number of aliphatic carboxylic acids is 2. The molecule has 0 spiro atoms. The molecule has 0 aliphatic rings. The van der Waals surface area contributed by atoms with Gasteiger partial charge in [0.15, 0.2) is 0 Å². The van der Waals surface area contributed by atoms with Crippen LogP contribution in [-0.2, 0) is 14.4 Å². The second-order valence-electron chi connectivity index (χ2n) is 5.47. The molecule has 1 amide bonds. The number of amides is 1. The molecule has 11 nitrogen and oxygen atoms in total. The molecule has 11 heteroatoms. The van der Waals surface area contributed by atoms with Gasteiger partial charge in [0, 0.05) is 12.5 Å². The summed E-state index contributed by atoms with van der Waals surface area (Å²) in [6.07, 6.45) is -0.709. The minimum Gasteiger partial charge on any atom is -0.481 e. The number of carboxylic acid groups (broad SMARTS) is 2. The fourth-order valence-corrected chi connectivity index (χ4v) is 2.31. The maximum Gasteiger partial charge on any atom is 0.331 e. The molecule has 0 aliphatic heterocycles. The number of pyridine rings is 1. The van der Waals surface area contributed by atoms with E-state index in [-0.39, 0.29) is 24.4 Å². The van der Waals surface area contributed by atoms with Crippen LogP contribution in [0.5, 0.6) is 11.6 Å². The lowest BCUT2D eigenvalue weighted by Gasteiger charge is -2.23. The Hall–Kier alpha value is -4.02. The topological polar surface area (TPSA) is 160 Å². The predicted molar refractivity (Wildman–Crippen MR) is 94.2 cm³/mol. The van der Waals surface area contributed by atoms with E-state index in [0.29, 0.717) is 4.90 Å². The molecule has 0 saturated heterocycles. The third-order valence-corrected chi connectivity index (χ3v) is 3.61. The summed E-state index contributed by atoms with van der Waals surface area (Å²) < 4.78 is 5.41. The minimum absolute atomic E-state index is 0.168. The highest BCUT2D eigenvalue weighted by Gasteiger charge is 2.29. The lowest BCUT2D eigenvalue weighted by atomic mass is 10.1. The average molecular weight is 389 g/mol. The largest absolute Gasteiger partial charge is 0.481 e. The number of carbonyl (C=O) groups is 3. The minimum atomic E-state index is -1.52. The Morgan fingerprint density at radius 3 is 2.43 bits per heavy atom. The highest BCUT2D eigenvalue weighted by molar-refractivity contribution is 5.87. The summed E-state index contributed by atoms with van der Waals surface area (Å²) in [6.45, 7) is 0. The van der Waals surface area contributed by atoms with Crippen molar-refractivity contribution < 1.29 is 34.3 Å². The van der Waals surface area contributed by atoms with E-state index in [1.807, 2.05) is 0 Å². The number of hydrogen-bond donors (Lipinski definition) is 2. The zero-order chi connectivity index (χ0) is 20.7. The van der Waals surface area contributed by atoms with Crippen molar-refractivity contribution >= 4 is 29.9 Å². The zero-order valence-electron chi connectivity index (χ0n) is 14.3. The molecule has 0 fully saturated rings. The van der Waals surface area contributed by atoms with Crippen molar-refractivity contribution in [2.24, 2.45) is 0 Å². The van der Waals surface area contributed by atoms with Gasteiger partial charge in [0.2, 0.25) is 6.41 Å². The molecule has 2 aromatic rings. The summed E-state index contributed by atoms with van der Waals surface area (Å²) in [5.41, 5.74) is -0.490. The lowest BCUT2D eigenvalue weighted by molar-refractivity contribution is -0.386. The smallest absolute Gasteiger partial charge is 0.331 e. The van der Waals surface area contributed by atoms with Crippen molar-refractivity contribution in [2.45, 2.75) is 18.9 Å². The van der Waals surface area contributed by atoms with Crippen LogP contribution in [-0.4, -0.2) is 44.5 Å². The SMILES string of the molecule is O=CN(c1ccc([N+](=O)[O-])c(Oc2ccccc2)n1)[C@@H](CCC(=O)O)C(=O)O. The third-order valence-electron chi connectivity index (χ3n) is 3.61. The zero-order valence-corrected chi connectivity index (χ0v) is 14.3. The van der Waals surface area contributed by atoms with Crippen molar-refractivity contribution in [3.8, 4) is 11.6 Å². The Labute approximate surface area is 157 Å². The van der Waals surface area contributed by atoms with Gasteiger partial charge in [-0.15, -0.1) is 0 Å². The molecule has 0 aliphatic carbocycles. The predicted octanol–water partition coefficient (Wildman–Crippen LogP) is 2.06. The number of aromatic nitrogens is 1. The maximum atomic E-state index is 11.5. The van der Waals surface area contributed by atoms with Crippen LogP contribution in [0.4, 0.5) is 11.5 Å². The lowest BCUT2D eigenvalue weighted by Crippen LogP contribution is -2.41. The van der Waals surface area contributed by atoms with E-state index in [9.17, 15) is 29.6 Å². The Morgan fingerprint density at radius 1 is 1.21 bits per heavy atom. The number of hydrogen-bond acceptors (Lipinski definition) is 7. The van der Waals surface area contributed by atoms with Gasteiger partial charge < -0.3 is 14.9 Å². The van der Waals surface area contributed by atoms with Crippen molar-refractivity contribution in [1.82, 2.24) is 4.98 Å². The molecule has 0 bridgehead atoms. The van der Waals surface area contributed by atoms with Gasteiger partial charge in [-0.2, -0.15) is 4.98 Å². The van der Waals surface area contributed by atoms with Crippen LogP contribution < -0.4 is 9.64 Å². The highest BCUT2D eigenvalue weighted by atomic mass is 16.6. The molecule has 146 valence electrons. The Bertz CT molecular complexity index is 887. The van der Waals surface area contributed by atoms with Crippen LogP contribution >= 0.6 is 0 Å². The van der Waals surface area contributed by atoms with Crippen LogP contribution in [0.2, 0.25) is 0 Å². The number of nitro groups is 1. The summed E-state index contributed by atoms with van der Waals surface area (Å²) in [5.74, 6) is -3.11. The van der Waals surface area contributed by atoms with E-state index >= 15 is 0 Å². The molecule has 1 aromatic carbocycles. The first-order valence-electron chi connectivity index (χ1n) is 7.90. The van der Waals surface area contributed by atoms with E-state index in [4.69, 9.17) is 9.84 Å². The first-order valence-corrected chi connectivity index (χ1v) is 7.90. The number of nitrogens with zero attached hydrogens (tertiary/aromatic N) is 3. The molecule has 0 radical (unpaired) electrons. The van der Waals surface area contributed by atoms with Gasteiger partial charge in [-0.3, -0.25) is 24.6 Å². The van der Waals surface area contributed by atoms with Gasteiger partial charge in [-0.25, -0.2) is 4.79 Å². The van der Waals surface area contributed by atoms with Crippen LogP contribution in [0.25, 0.3) is 0 Å².